The van der Waals surface area contributed by atoms with E-state index < -0.39 is 0 Å². The monoisotopic (exact) mass is 327 g/mol. The number of nitrogens with one attached hydrogen (secondary N) is 2. The largest absolute Gasteiger partial charge is 0.372 e. The third kappa shape index (κ3) is 4.60. The lowest BCUT2D eigenvalue weighted by molar-refractivity contribution is 0.758. The number of nitrogens with zero attached hydrogens (tertiary/aromatic N) is 3. The van der Waals surface area contributed by atoms with Crippen molar-refractivity contribution in [1.82, 2.24) is 9.97 Å². The van der Waals surface area contributed by atoms with E-state index in [0.717, 1.165) is 31.0 Å². The van der Waals surface area contributed by atoms with Gasteiger partial charge in [0.25, 0.3) is 0 Å². The lowest BCUT2D eigenvalue weighted by Crippen LogP contribution is -2.21. The second-order valence-corrected chi connectivity index (χ2v) is 6.02. The van der Waals surface area contributed by atoms with E-state index in [1.807, 2.05) is 6.07 Å². The summed E-state index contributed by atoms with van der Waals surface area (Å²) in [6, 6.07) is 8.73. The smallest absolute Gasteiger partial charge is 0.229 e. The minimum Gasteiger partial charge on any atom is -0.372 e. The number of aryl methyl sites for hydroxylation is 1. The molecule has 1 aromatic heterocycles. The fourth-order valence-electron chi connectivity index (χ4n) is 2.55. The highest BCUT2D eigenvalue weighted by Gasteiger charge is 2.07. The second-order valence-electron chi connectivity index (χ2n) is 6.02. The molecule has 5 nitrogen and oxygen atoms in total. The lowest BCUT2D eigenvalue weighted by Gasteiger charge is -2.22. The van der Waals surface area contributed by atoms with Crippen molar-refractivity contribution in [2.45, 2.75) is 47.1 Å². The Labute approximate surface area is 145 Å². The van der Waals surface area contributed by atoms with Gasteiger partial charge in [-0.05, 0) is 63.9 Å². The first kappa shape index (κ1) is 18.0. The molecule has 1 aromatic carbocycles. The van der Waals surface area contributed by atoms with Gasteiger partial charge in [-0.1, -0.05) is 6.92 Å². The zero-order valence-electron chi connectivity index (χ0n) is 15.4. The number of aromatic nitrogens is 2. The standard InChI is InChI=1S/C19H29N5/c1-6-15(5)21-18-11-12-20-19(23-18)22-17-10-9-16(13-14(17)4)24(7-2)8-3/h9-13,15H,6-8H2,1-5H3,(H2,20,21,22,23). The second kappa shape index (κ2) is 8.52. The zero-order chi connectivity index (χ0) is 17.5. The third-order valence-electron chi connectivity index (χ3n) is 4.25. The number of anilines is 4. The molecule has 1 unspecified atom stereocenters. The Morgan fingerprint density at radius 2 is 1.88 bits per heavy atom. The third-order valence-corrected chi connectivity index (χ3v) is 4.25. The Morgan fingerprint density at radius 3 is 2.50 bits per heavy atom. The molecule has 130 valence electrons. The van der Waals surface area contributed by atoms with Gasteiger partial charge in [-0.2, -0.15) is 4.98 Å². The molecule has 24 heavy (non-hydrogen) atoms. The summed E-state index contributed by atoms with van der Waals surface area (Å²) < 4.78 is 0. The van der Waals surface area contributed by atoms with E-state index in [-0.39, 0.29) is 0 Å². The van der Waals surface area contributed by atoms with E-state index in [0.29, 0.717) is 12.0 Å². The van der Waals surface area contributed by atoms with Crippen molar-refractivity contribution in [3.8, 4) is 0 Å². The minimum atomic E-state index is 0.392. The maximum Gasteiger partial charge on any atom is 0.229 e. The molecule has 1 heterocycles. The first-order valence-corrected chi connectivity index (χ1v) is 8.79. The molecule has 0 aliphatic carbocycles. The van der Waals surface area contributed by atoms with Gasteiger partial charge in [0.05, 0.1) is 0 Å². The van der Waals surface area contributed by atoms with Crippen LogP contribution in [0.25, 0.3) is 0 Å². The highest BCUT2D eigenvalue weighted by atomic mass is 15.1. The quantitative estimate of drug-likeness (QED) is 0.743. The molecule has 0 radical (unpaired) electrons. The predicted molar refractivity (Wildman–Crippen MR) is 103 cm³/mol. The molecule has 0 aliphatic heterocycles. The molecule has 0 saturated carbocycles. The Balaban J connectivity index is 2.15. The van der Waals surface area contributed by atoms with E-state index in [2.05, 4.69) is 78.3 Å². The molecule has 0 saturated heterocycles. The molecule has 2 N–H and O–H groups in total. The maximum atomic E-state index is 4.54. The Morgan fingerprint density at radius 1 is 1.12 bits per heavy atom. The summed E-state index contributed by atoms with van der Waals surface area (Å²) >= 11 is 0. The van der Waals surface area contributed by atoms with Crippen LogP contribution < -0.4 is 15.5 Å². The molecule has 0 fully saturated rings. The summed E-state index contributed by atoms with van der Waals surface area (Å²) in [7, 11) is 0. The summed E-state index contributed by atoms with van der Waals surface area (Å²) in [5.74, 6) is 1.46. The van der Waals surface area contributed by atoms with Gasteiger partial charge in [0.2, 0.25) is 5.95 Å². The van der Waals surface area contributed by atoms with Crippen molar-refractivity contribution in [3.63, 3.8) is 0 Å². The van der Waals surface area contributed by atoms with Gasteiger partial charge in [-0.3, -0.25) is 0 Å². The number of hydrogen-bond donors (Lipinski definition) is 2. The molecule has 2 rings (SSSR count). The van der Waals surface area contributed by atoms with Crippen LogP contribution >= 0.6 is 0 Å². The fourth-order valence-corrected chi connectivity index (χ4v) is 2.55. The van der Waals surface area contributed by atoms with Crippen LogP contribution in [0.4, 0.5) is 23.1 Å². The van der Waals surface area contributed by atoms with Crippen molar-refractivity contribution >= 4 is 23.1 Å². The minimum absolute atomic E-state index is 0.392. The highest BCUT2D eigenvalue weighted by molar-refractivity contribution is 5.64. The molecule has 1 atom stereocenters. The summed E-state index contributed by atoms with van der Waals surface area (Å²) in [5, 5.41) is 6.70. The molecule has 5 heteroatoms. The highest BCUT2D eigenvalue weighted by Crippen LogP contribution is 2.24. The van der Waals surface area contributed by atoms with E-state index in [1.165, 1.54) is 11.3 Å². The Hall–Kier alpha value is -2.30. The SMILES string of the molecule is CCC(C)Nc1ccnc(Nc2ccc(N(CC)CC)cc2C)n1. The van der Waals surface area contributed by atoms with Crippen LogP contribution in [0.1, 0.15) is 39.7 Å². The topological polar surface area (TPSA) is 53.1 Å². The Bertz CT molecular complexity index is 652. The summed E-state index contributed by atoms with van der Waals surface area (Å²) in [4.78, 5) is 11.2. The normalized spacial score (nSPS) is 11.9. The first-order chi connectivity index (χ1) is 11.6. The van der Waals surface area contributed by atoms with Crippen LogP contribution in [0.2, 0.25) is 0 Å². The summed E-state index contributed by atoms with van der Waals surface area (Å²) in [6.07, 6.45) is 2.83. The van der Waals surface area contributed by atoms with Crippen LogP contribution in [0.15, 0.2) is 30.5 Å². The van der Waals surface area contributed by atoms with Gasteiger partial charge in [0, 0.05) is 36.7 Å². The van der Waals surface area contributed by atoms with Crippen molar-refractivity contribution in [2.24, 2.45) is 0 Å². The van der Waals surface area contributed by atoms with Crippen LogP contribution in [0.3, 0.4) is 0 Å². The maximum absolute atomic E-state index is 4.54. The number of benzene rings is 1. The van der Waals surface area contributed by atoms with Crippen molar-refractivity contribution in [1.29, 1.82) is 0 Å². The van der Waals surface area contributed by atoms with E-state index >= 15 is 0 Å². The average molecular weight is 327 g/mol. The molecule has 0 amide bonds. The van der Waals surface area contributed by atoms with E-state index in [9.17, 15) is 0 Å². The molecule has 2 aromatic rings. The molecule has 0 bridgehead atoms. The van der Waals surface area contributed by atoms with E-state index in [1.54, 1.807) is 6.20 Å². The van der Waals surface area contributed by atoms with Gasteiger partial charge in [0.1, 0.15) is 5.82 Å². The van der Waals surface area contributed by atoms with Gasteiger partial charge in [-0.15, -0.1) is 0 Å². The van der Waals surface area contributed by atoms with Crippen LogP contribution in [-0.4, -0.2) is 29.1 Å². The van der Waals surface area contributed by atoms with Crippen molar-refractivity contribution in [3.05, 3.63) is 36.0 Å². The fraction of sp³-hybridized carbons (Fsp3) is 0.474. The van der Waals surface area contributed by atoms with Gasteiger partial charge >= 0.3 is 0 Å². The lowest BCUT2D eigenvalue weighted by atomic mass is 10.1. The van der Waals surface area contributed by atoms with Gasteiger partial charge < -0.3 is 15.5 Å². The molecule has 0 spiro atoms. The summed E-state index contributed by atoms with van der Waals surface area (Å²) in [6.45, 7) is 12.8. The molecule has 0 aliphatic rings. The van der Waals surface area contributed by atoms with E-state index in [4.69, 9.17) is 0 Å². The van der Waals surface area contributed by atoms with Gasteiger partial charge in [0.15, 0.2) is 0 Å². The predicted octanol–water partition coefficient (Wildman–Crippen LogP) is 4.59. The van der Waals surface area contributed by atoms with Crippen LogP contribution in [0.5, 0.6) is 0 Å². The van der Waals surface area contributed by atoms with Crippen molar-refractivity contribution < 1.29 is 0 Å². The van der Waals surface area contributed by atoms with Crippen LogP contribution in [0, 0.1) is 6.92 Å². The number of hydrogen-bond acceptors (Lipinski definition) is 5. The summed E-state index contributed by atoms with van der Waals surface area (Å²) in [5.41, 5.74) is 3.46. The Kier molecular flexibility index (Phi) is 6.41. The van der Waals surface area contributed by atoms with Gasteiger partial charge in [-0.25, -0.2) is 4.98 Å². The molecular formula is C19H29N5. The number of rotatable bonds is 8. The zero-order valence-corrected chi connectivity index (χ0v) is 15.4. The molecular weight excluding hydrogens is 298 g/mol. The first-order valence-electron chi connectivity index (χ1n) is 8.79. The van der Waals surface area contributed by atoms with Crippen LogP contribution in [-0.2, 0) is 0 Å². The average Bonchev–Trinajstić information content (AvgIpc) is 2.58. The van der Waals surface area contributed by atoms with Crippen molar-refractivity contribution in [2.75, 3.05) is 28.6 Å².